The molecule has 0 N–H and O–H groups in total. The predicted octanol–water partition coefficient (Wildman–Crippen LogP) is 4.11. The Hall–Kier alpha value is 0.440. The average molecular weight is 234 g/mol. The number of hydrogen-bond donors (Lipinski definition) is 1. The third-order valence-corrected chi connectivity index (χ3v) is 1.38. The Bertz CT molecular complexity index is 153. The van der Waals surface area contributed by atoms with E-state index in [1.54, 1.807) is 0 Å². The zero-order valence-corrected chi connectivity index (χ0v) is 8.23. The van der Waals surface area contributed by atoms with E-state index in [-0.39, 0.29) is 32.2 Å². The highest BCUT2D eigenvalue weighted by molar-refractivity contribution is 7.80. The molecule has 0 amide bonds. The Balaban J connectivity index is -0.000000213. The highest BCUT2D eigenvalue weighted by Gasteiger charge is 1.82. The molecule has 0 fully saturated rings. The number of benzene rings is 1. The van der Waals surface area contributed by atoms with Gasteiger partial charge in [-0.3, -0.25) is 0 Å². The fourth-order valence-electron chi connectivity index (χ4n) is 0.441. The molecule has 0 aliphatic carbocycles. The average Bonchev–Trinajstić information content (AvgIpc) is 1.77. The summed E-state index contributed by atoms with van der Waals surface area (Å²) in [6, 6.07) is 7.32. The number of rotatable bonds is 0. The maximum Gasteiger partial charge on any atom is 0.0406 e. The fourth-order valence-corrected chi connectivity index (χ4v) is 0.716. The lowest BCUT2D eigenvalue weighted by Gasteiger charge is -1.87. The van der Waals surface area contributed by atoms with Crippen molar-refractivity contribution in [1.29, 1.82) is 0 Å². The van der Waals surface area contributed by atoms with E-state index in [9.17, 15) is 0 Å². The Labute approximate surface area is 90.6 Å². The zero-order chi connectivity index (χ0) is 5.98. The molecule has 0 unspecified atom stereocenters. The van der Waals surface area contributed by atoms with Crippen LogP contribution in [-0.2, 0) is 0 Å². The fraction of sp³-hybridized carbons (Fsp3) is 0.143. The minimum atomic E-state index is 0. The van der Waals surface area contributed by atoms with Crippen LogP contribution >= 0.6 is 49.0 Å². The minimum absolute atomic E-state index is 0. The summed E-state index contributed by atoms with van der Waals surface area (Å²) in [5, 5.41) is 0.753. The van der Waals surface area contributed by atoms with Gasteiger partial charge in [0.1, 0.15) is 0 Å². The van der Waals surface area contributed by atoms with E-state index in [1.165, 1.54) is 0 Å². The summed E-state index contributed by atoms with van der Waals surface area (Å²) in [5.74, 6) is 0. The molecule has 0 spiro atoms. The molecule has 0 aliphatic rings. The summed E-state index contributed by atoms with van der Waals surface area (Å²) in [7, 11) is 0. The second kappa shape index (κ2) is 8.54. The van der Waals surface area contributed by atoms with Crippen molar-refractivity contribution in [2.24, 2.45) is 0 Å². The molecule has 0 aromatic heterocycles. The summed E-state index contributed by atoms with van der Waals surface area (Å²) in [5.41, 5.74) is 0. The van der Waals surface area contributed by atoms with Gasteiger partial charge in [0, 0.05) is 9.92 Å². The molecule has 0 aliphatic heterocycles. The Morgan fingerprint density at radius 3 is 1.64 bits per heavy atom. The maximum absolute atomic E-state index is 5.58. The number of hydrogen-bond acceptors (Lipinski definition) is 1. The summed E-state index contributed by atoms with van der Waals surface area (Å²) in [6.45, 7) is 0. The van der Waals surface area contributed by atoms with Crippen LogP contribution in [0.25, 0.3) is 0 Å². The van der Waals surface area contributed by atoms with E-state index in [0.29, 0.717) is 0 Å². The summed E-state index contributed by atoms with van der Waals surface area (Å²) >= 11 is 9.65. The van der Waals surface area contributed by atoms with Crippen molar-refractivity contribution < 1.29 is 0 Å². The van der Waals surface area contributed by atoms with Crippen molar-refractivity contribution in [3.63, 3.8) is 0 Å². The lowest BCUT2D eigenvalue weighted by atomic mass is 10.4. The van der Waals surface area contributed by atoms with Gasteiger partial charge in [-0.2, -0.15) is 0 Å². The van der Waals surface area contributed by atoms with E-state index in [4.69, 9.17) is 11.6 Å². The first-order chi connectivity index (χ1) is 3.79. The first kappa shape index (κ1) is 17.5. The highest BCUT2D eigenvalue weighted by Crippen LogP contribution is 2.11. The van der Waals surface area contributed by atoms with Crippen LogP contribution in [0.2, 0.25) is 5.02 Å². The number of thiol groups is 1. The molecule has 0 heterocycles. The molecule has 0 bridgehead atoms. The second-order valence-electron chi connectivity index (χ2n) is 1.48. The first-order valence-electron chi connectivity index (χ1n) is 2.23. The van der Waals surface area contributed by atoms with Gasteiger partial charge in [0.25, 0.3) is 0 Å². The van der Waals surface area contributed by atoms with Crippen LogP contribution < -0.4 is 0 Å². The Morgan fingerprint density at radius 2 is 1.36 bits per heavy atom. The van der Waals surface area contributed by atoms with E-state index >= 15 is 0 Å². The molecule has 66 valence electrons. The normalized spacial score (nSPS) is 6.73. The molecule has 0 radical (unpaired) electrons. The third-order valence-electron chi connectivity index (χ3n) is 0.827. The SMILES string of the molecule is C.Cl.Cl.Sc1ccc(Cl)cc1. The van der Waals surface area contributed by atoms with E-state index in [2.05, 4.69) is 12.6 Å². The topological polar surface area (TPSA) is 0 Å². The van der Waals surface area contributed by atoms with Crippen molar-refractivity contribution in [2.75, 3.05) is 0 Å². The van der Waals surface area contributed by atoms with Crippen LogP contribution in [0, 0.1) is 0 Å². The van der Waals surface area contributed by atoms with Crippen LogP contribution in [0.5, 0.6) is 0 Å². The van der Waals surface area contributed by atoms with Gasteiger partial charge in [0.15, 0.2) is 0 Å². The van der Waals surface area contributed by atoms with Gasteiger partial charge >= 0.3 is 0 Å². The standard InChI is InChI=1S/C6H5ClS.CH4.2ClH/c7-5-1-3-6(8)4-2-5;;;/h1-4,8H;1H4;2*1H. The van der Waals surface area contributed by atoms with Gasteiger partial charge in [0.05, 0.1) is 0 Å². The molecule has 0 nitrogen and oxygen atoms in total. The predicted molar refractivity (Wildman–Crippen MR) is 59.9 cm³/mol. The van der Waals surface area contributed by atoms with Crippen LogP contribution in [0.4, 0.5) is 0 Å². The molecule has 0 saturated carbocycles. The van der Waals surface area contributed by atoms with Gasteiger partial charge in [-0.25, -0.2) is 0 Å². The van der Waals surface area contributed by atoms with Crippen molar-refractivity contribution >= 4 is 49.0 Å². The second-order valence-corrected chi connectivity index (χ2v) is 2.43. The van der Waals surface area contributed by atoms with Gasteiger partial charge in [-0.1, -0.05) is 19.0 Å². The lowest BCUT2D eigenvalue weighted by molar-refractivity contribution is 1.48. The minimum Gasteiger partial charge on any atom is -0.147 e. The lowest BCUT2D eigenvalue weighted by Crippen LogP contribution is -1.61. The smallest absolute Gasteiger partial charge is 0.0406 e. The van der Waals surface area contributed by atoms with E-state index in [1.807, 2.05) is 24.3 Å². The first-order valence-corrected chi connectivity index (χ1v) is 3.06. The molecule has 1 aromatic rings. The zero-order valence-electron chi connectivity index (χ0n) is 4.95. The Morgan fingerprint density at radius 1 is 1.00 bits per heavy atom. The number of halogens is 3. The molecular formula is C7H11Cl3S. The van der Waals surface area contributed by atoms with Gasteiger partial charge in [0.2, 0.25) is 0 Å². The van der Waals surface area contributed by atoms with Crippen LogP contribution in [-0.4, -0.2) is 0 Å². The maximum atomic E-state index is 5.58. The van der Waals surface area contributed by atoms with Crippen molar-refractivity contribution in [3.05, 3.63) is 29.3 Å². The molecule has 11 heavy (non-hydrogen) atoms. The van der Waals surface area contributed by atoms with Crippen molar-refractivity contribution in [3.8, 4) is 0 Å². The quantitative estimate of drug-likeness (QED) is 0.641. The largest absolute Gasteiger partial charge is 0.147 e. The molecule has 1 rings (SSSR count). The highest BCUT2D eigenvalue weighted by atomic mass is 35.5. The van der Waals surface area contributed by atoms with Crippen LogP contribution in [0.15, 0.2) is 29.2 Å². The molecule has 4 heteroatoms. The summed E-state index contributed by atoms with van der Waals surface area (Å²) in [6.07, 6.45) is 0. The van der Waals surface area contributed by atoms with Crippen LogP contribution in [0.1, 0.15) is 7.43 Å². The molecule has 1 aromatic carbocycles. The van der Waals surface area contributed by atoms with Crippen molar-refractivity contribution in [2.45, 2.75) is 12.3 Å². The van der Waals surface area contributed by atoms with Gasteiger partial charge < -0.3 is 0 Å². The van der Waals surface area contributed by atoms with Gasteiger partial charge in [-0.05, 0) is 24.3 Å². The Kier molecular flexibility index (Phi) is 13.6. The summed E-state index contributed by atoms with van der Waals surface area (Å²) in [4.78, 5) is 0.939. The van der Waals surface area contributed by atoms with Gasteiger partial charge in [-0.15, -0.1) is 37.4 Å². The van der Waals surface area contributed by atoms with Crippen molar-refractivity contribution in [1.82, 2.24) is 0 Å². The van der Waals surface area contributed by atoms with E-state index < -0.39 is 0 Å². The molecule has 0 atom stereocenters. The van der Waals surface area contributed by atoms with E-state index in [0.717, 1.165) is 9.92 Å². The third kappa shape index (κ3) is 6.82. The molecular weight excluding hydrogens is 223 g/mol. The van der Waals surface area contributed by atoms with Crippen LogP contribution in [0.3, 0.4) is 0 Å². The monoisotopic (exact) mass is 232 g/mol. The molecule has 0 saturated heterocycles. The summed E-state index contributed by atoms with van der Waals surface area (Å²) < 4.78 is 0.